The fraction of sp³-hybridized carbons (Fsp3) is 0.316. The number of rotatable bonds is 6. The van der Waals surface area contributed by atoms with Crippen molar-refractivity contribution in [3.8, 4) is 5.75 Å². The molecule has 1 aliphatic rings. The van der Waals surface area contributed by atoms with Gasteiger partial charge in [0.1, 0.15) is 5.75 Å². The first-order valence-electron chi connectivity index (χ1n) is 9.05. The summed E-state index contributed by atoms with van der Waals surface area (Å²) in [6.45, 7) is 0.724. The van der Waals surface area contributed by atoms with E-state index in [9.17, 15) is 20.0 Å². The number of aliphatic hydroxyl groups is 2. The monoisotopic (exact) mass is 385 g/mol. The summed E-state index contributed by atoms with van der Waals surface area (Å²) in [6.07, 6.45) is -1.27. The van der Waals surface area contributed by atoms with E-state index in [2.05, 4.69) is 5.32 Å². The zero-order chi connectivity index (χ0) is 20.3. The molecule has 3 rings (SSSR count). The largest absolute Gasteiger partial charge is 0.547 e. The van der Waals surface area contributed by atoms with Crippen molar-refractivity contribution >= 4 is 13.0 Å². The third-order valence-electron chi connectivity index (χ3n) is 4.85. The van der Waals surface area contributed by atoms with E-state index in [-0.39, 0.29) is 23.6 Å². The number of para-hydroxylation sites is 1. The van der Waals surface area contributed by atoms with E-state index < -0.39 is 19.3 Å². The Labute approximate surface area is 163 Å². The number of nitrogens with one attached hydrogen (secondary N) is 1. The lowest BCUT2D eigenvalue weighted by Gasteiger charge is -2.29. The molecule has 0 aliphatic carbocycles. The summed E-state index contributed by atoms with van der Waals surface area (Å²) in [5.74, 6) is -0.679. The van der Waals surface area contributed by atoms with Crippen LogP contribution in [0.25, 0.3) is 0 Å². The second-order valence-electron chi connectivity index (χ2n) is 6.78. The molecule has 1 atom stereocenters. The summed E-state index contributed by atoms with van der Waals surface area (Å²) in [4.78, 5) is 12.5. The van der Waals surface area contributed by atoms with Crippen molar-refractivity contribution in [3.63, 3.8) is 0 Å². The standard InChI is InChI=1S/C19H24BN3O5/c21-9-13-5-4-11(6-14(13)10-22)7-17(24)23-16-8-12-2-1-3-15(19(25)26)18(12)28-20(16)27/h1-6,16,19,25-27H,7-10,21-22H2,(H,23,24)/t16-/m0/s1. The van der Waals surface area contributed by atoms with Crippen molar-refractivity contribution in [1.82, 2.24) is 5.32 Å². The Morgan fingerprint density at radius 2 is 1.96 bits per heavy atom. The van der Waals surface area contributed by atoms with Gasteiger partial charge in [-0.3, -0.25) is 4.79 Å². The predicted molar refractivity (Wildman–Crippen MR) is 104 cm³/mol. The first kappa shape index (κ1) is 20.3. The van der Waals surface area contributed by atoms with Gasteiger partial charge in [-0.1, -0.05) is 36.4 Å². The Kier molecular flexibility index (Phi) is 6.33. The number of hydrogen-bond donors (Lipinski definition) is 6. The van der Waals surface area contributed by atoms with Crippen molar-refractivity contribution in [2.24, 2.45) is 11.5 Å². The maximum Gasteiger partial charge on any atom is 0.547 e. The lowest BCUT2D eigenvalue weighted by molar-refractivity contribution is -0.120. The van der Waals surface area contributed by atoms with Crippen LogP contribution < -0.4 is 21.4 Å². The second-order valence-corrected chi connectivity index (χ2v) is 6.78. The summed E-state index contributed by atoms with van der Waals surface area (Å²) in [5.41, 5.74) is 14.9. The van der Waals surface area contributed by atoms with Gasteiger partial charge in [0.15, 0.2) is 6.29 Å². The van der Waals surface area contributed by atoms with Gasteiger partial charge in [-0.05, 0) is 28.7 Å². The van der Waals surface area contributed by atoms with Crippen LogP contribution in [0.4, 0.5) is 0 Å². The van der Waals surface area contributed by atoms with E-state index in [4.69, 9.17) is 16.1 Å². The molecule has 28 heavy (non-hydrogen) atoms. The van der Waals surface area contributed by atoms with Crippen LogP contribution in [0.3, 0.4) is 0 Å². The van der Waals surface area contributed by atoms with E-state index >= 15 is 0 Å². The molecule has 1 aliphatic heterocycles. The summed E-state index contributed by atoms with van der Waals surface area (Å²) >= 11 is 0. The van der Waals surface area contributed by atoms with Gasteiger partial charge in [0.25, 0.3) is 0 Å². The van der Waals surface area contributed by atoms with E-state index in [0.29, 0.717) is 25.1 Å². The number of carbonyl (C=O) groups is 1. The fourth-order valence-electron chi connectivity index (χ4n) is 3.40. The third-order valence-corrected chi connectivity index (χ3v) is 4.85. The molecule has 0 saturated carbocycles. The number of aliphatic hydroxyl groups excluding tert-OH is 1. The molecule has 8 nitrogen and oxygen atoms in total. The maximum absolute atomic E-state index is 12.5. The maximum atomic E-state index is 12.5. The molecule has 0 bridgehead atoms. The van der Waals surface area contributed by atoms with Gasteiger partial charge in [-0.15, -0.1) is 0 Å². The minimum absolute atomic E-state index is 0.128. The highest BCUT2D eigenvalue weighted by Gasteiger charge is 2.37. The van der Waals surface area contributed by atoms with Crippen LogP contribution in [-0.2, 0) is 30.7 Å². The van der Waals surface area contributed by atoms with Crippen molar-refractivity contribution in [1.29, 1.82) is 0 Å². The SMILES string of the molecule is NCc1ccc(CC(=O)N[C@H]2Cc3cccc(C(O)O)c3OB2O)cc1CN. The number of fused-ring (bicyclic) bond motifs is 1. The molecule has 148 valence electrons. The van der Waals surface area contributed by atoms with Crippen LogP contribution in [-0.4, -0.2) is 34.2 Å². The minimum Gasteiger partial charge on any atom is -0.534 e. The van der Waals surface area contributed by atoms with Gasteiger partial charge in [0.2, 0.25) is 5.91 Å². The molecule has 1 amide bonds. The summed E-state index contributed by atoms with van der Waals surface area (Å²) < 4.78 is 5.45. The highest BCUT2D eigenvalue weighted by atomic mass is 16.5. The molecule has 2 aromatic rings. The lowest BCUT2D eigenvalue weighted by Crippen LogP contribution is -2.53. The number of nitrogens with two attached hydrogens (primary N) is 2. The molecule has 1 heterocycles. The molecule has 0 spiro atoms. The zero-order valence-corrected chi connectivity index (χ0v) is 15.3. The van der Waals surface area contributed by atoms with Crippen molar-refractivity contribution in [3.05, 3.63) is 64.2 Å². The third kappa shape index (κ3) is 4.35. The van der Waals surface area contributed by atoms with Crippen LogP contribution >= 0.6 is 0 Å². The molecular weight excluding hydrogens is 361 g/mol. The van der Waals surface area contributed by atoms with Crippen molar-refractivity contribution < 1.29 is 24.7 Å². The van der Waals surface area contributed by atoms with Gasteiger partial charge >= 0.3 is 7.12 Å². The van der Waals surface area contributed by atoms with Crippen LogP contribution in [0.5, 0.6) is 5.75 Å². The number of benzene rings is 2. The van der Waals surface area contributed by atoms with Crippen LogP contribution in [0.1, 0.15) is 34.1 Å². The van der Waals surface area contributed by atoms with Crippen LogP contribution in [0, 0.1) is 0 Å². The molecule has 8 N–H and O–H groups in total. The Balaban J connectivity index is 1.69. The molecular formula is C19H24BN3O5. The molecule has 0 unspecified atom stereocenters. The second kappa shape index (κ2) is 8.72. The van der Waals surface area contributed by atoms with Gasteiger partial charge in [-0.2, -0.15) is 0 Å². The smallest absolute Gasteiger partial charge is 0.534 e. The molecule has 0 aromatic heterocycles. The quantitative estimate of drug-likeness (QED) is 0.283. The first-order valence-corrected chi connectivity index (χ1v) is 9.05. The molecule has 0 fully saturated rings. The Bertz CT molecular complexity index is 861. The average Bonchev–Trinajstić information content (AvgIpc) is 2.67. The van der Waals surface area contributed by atoms with Gasteiger partial charge in [-0.25, -0.2) is 0 Å². The number of hydrogen-bond acceptors (Lipinski definition) is 7. The van der Waals surface area contributed by atoms with E-state index in [1.54, 1.807) is 12.1 Å². The molecule has 0 radical (unpaired) electrons. The first-order chi connectivity index (χ1) is 13.4. The van der Waals surface area contributed by atoms with E-state index in [1.165, 1.54) is 6.07 Å². The molecule has 2 aromatic carbocycles. The summed E-state index contributed by atoms with van der Waals surface area (Å²) in [6, 6.07) is 10.5. The Hall–Kier alpha value is -2.43. The molecule has 9 heteroatoms. The highest BCUT2D eigenvalue weighted by molar-refractivity contribution is 6.46. The van der Waals surface area contributed by atoms with Gasteiger partial charge < -0.3 is 36.7 Å². The minimum atomic E-state index is -1.71. The van der Waals surface area contributed by atoms with Gasteiger partial charge in [0, 0.05) is 18.7 Å². The zero-order valence-electron chi connectivity index (χ0n) is 15.3. The number of amides is 1. The van der Waals surface area contributed by atoms with Crippen LogP contribution in [0.2, 0.25) is 0 Å². The van der Waals surface area contributed by atoms with E-state index in [0.717, 1.165) is 16.7 Å². The molecule has 0 saturated heterocycles. The predicted octanol–water partition coefficient (Wildman–Crippen LogP) is -0.731. The summed E-state index contributed by atoms with van der Waals surface area (Å²) in [5, 5.41) is 31.9. The van der Waals surface area contributed by atoms with Crippen LogP contribution in [0.15, 0.2) is 36.4 Å². The number of carbonyl (C=O) groups excluding carboxylic acids is 1. The summed E-state index contributed by atoms with van der Waals surface area (Å²) in [7, 11) is -1.30. The van der Waals surface area contributed by atoms with Crippen molar-refractivity contribution in [2.75, 3.05) is 0 Å². The fourth-order valence-corrected chi connectivity index (χ4v) is 3.40. The average molecular weight is 385 g/mol. The lowest BCUT2D eigenvalue weighted by atomic mass is 9.72. The van der Waals surface area contributed by atoms with Gasteiger partial charge in [0.05, 0.1) is 12.4 Å². The Morgan fingerprint density at radius 1 is 1.21 bits per heavy atom. The topological polar surface area (TPSA) is 151 Å². The van der Waals surface area contributed by atoms with E-state index in [1.807, 2.05) is 18.2 Å². The van der Waals surface area contributed by atoms with Crippen molar-refractivity contribution in [2.45, 2.75) is 38.2 Å². The highest BCUT2D eigenvalue weighted by Crippen LogP contribution is 2.32. The Morgan fingerprint density at radius 3 is 2.64 bits per heavy atom. The normalized spacial score (nSPS) is 15.9.